The Morgan fingerprint density at radius 1 is 1.14 bits per heavy atom. The first-order valence-corrected chi connectivity index (χ1v) is 10.2. The molecule has 0 spiro atoms. The molecule has 1 amide bonds. The number of nitrogens with zero attached hydrogens (tertiary/aromatic N) is 4. The number of amides is 1. The molecule has 0 radical (unpaired) electrons. The highest BCUT2D eigenvalue weighted by Crippen LogP contribution is 2.26. The maximum Gasteiger partial charge on any atom is 0.291 e. The van der Waals surface area contributed by atoms with Gasteiger partial charge in [-0.15, -0.1) is 0 Å². The summed E-state index contributed by atoms with van der Waals surface area (Å²) in [6.07, 6.45) is 3.81. The van der Waals surface area contributed by atoms with Crippen LogP contribution in [-0.2, 0) is 17.9 Å². The molecule has 4 rings (SSSR count). The van der Waals surface area contributed by atoms with Gasteiger partial charge in [0.25, 0.3) is 5.56 Å². The number of benzene rings is 1. The van der Waals surface area contributed by atoms with Crippen LogP contribution >= 0.6 is 0 Å². The molecule has 1 fully saturated rings. The van der Waals surface area contributed by atoms with E-state index < -0.39 is 0 Å². The Balaban J connectivity index is 1.74. The largest absolute Gasteiger partial charge is 0.341 e. The molecule has 3 heterocycles. The van der Waals surface area contributed by atoms with E-state index in [-0.39, 0.29) is 18.0 Å². The van der Waals surface area contributed by atoms with Crippen molar-refractivity contribution in [1.82, 2.24) is 19.2 Å². The van der Waals surface area contributed by atoms with Crippen LogP contribution in [0, 0.1) is 11.8 Å². The first-order valence-electron chi connectivity index (χ1n) is 10.2. The minimum Gasteiger partial charge on any atom is -0.341 e. The molecule has 1 aliphatic rings. The Morgan fingerprint density at radius 2 is 1.86 bits per heavy atom. The zero-order valence-electron chi connectivity index (χ0n) is 16.9. The highest BCUT2D eigenvalue weighted by molar-refractivity contribution is 6.07. The summed E-state index contributed by atoms with van der Waals surface area (Å²) < 4.78 is 3.40. The van der Waals surface area contributed by atoms with Gasteiger partial charge in [-0.3, -0.25) is 9.59 Å². The highest BCUT2D eigenvalue weighted by atomic mass is 16.2. The van der Waals surface area contributed by atoms with Crippen molar-refractivity contribution in [2.75, 3.05) is 13.1 Å². The summed E-state index contributed by atoms with van der Waals surface area (Å²) in [5.74, 6) is 0.962. The van der Waals surface area contributed by atoms with Crippen LogP contribution in [0.3, 0.4) is 0 Å². The van der Waals surface area contributed by atoms with E-state index in [0.717, 1.165) is 48.8 Å². The second-order valence-electron chi connectivity index (χ2n) is 8.28. The summed E-state index contributed by atoms with van der Waals surface area (Å²) in [7, 11) is 0. The molecule has 1 aromatic carbocycles. The van der Waals surface area contributed by atoms with Crippen LogP contribution in [0.5, 0.6) is 0 Å². The van der Waals surface area contributed by atoms with Crippen molar-refractivity contribution < 1.29 is 4.79 Å². The molecule has 6 nitrogen and oxygen atoms in total. The lowest BCUT2D eigenvalue weighted by Gasteiger charge is -2.35. The summed E-state index contributed by atoms with van der Waals surface area (Å²) in [4.78, 5) is 28.0. The lowest BCUT2D eigenvalue weighted by atomic mass is 9.92. The molecule has 1 saturated heterocycles. The topological polar surface area (TPSA) is 60.1 Å². The lowest BCUT2D eigenvalue weighted by molar-refractivity contribution is -0.134. The Bertz CT molecular complexity index is 1070. The maximum absolute atomic E-state index is 13.2. The average molecular weight is 380 g/mol. The number of likely N-dealkylation sites (tertiary alicyclic amines) is 1. The molecular formula is C22H28N4O2. The Hall–Kier alpha value is -2.63. The van der Waals surface area contributed by atoms with Crippen molar-refractivity contribution in [1.29, 1.82) is 0 Å². The number of piperidine rings is 1. The zero-order chi connectivity index (χ0) is 19.8. The fourth-order valence-electron chi connectivity index (χ4n) is 4.66. The van der Waals surface area contributed by atoms with E-state index in [1.807, 2.05) is 29.2 Å². The molecule has 6 heteroatoms. The van der Waals surface area contributed by atoms with Crippen molar-refractivity contribution in [3.8, 4) is 0 Å². The molecule has 0 N–H and O–H groups in total. The van der Waals surface area contributed by atoms with E-state index >= 15 is 0 Å². The van der Waals surface area contributed by atoms with Crippen LogP contribution in [0.15, 0.2) is 35.3 Å². The molecule has 0 saturated carbocycles. The van der Waals surface area contributed by atoms with E-state index in [0.29, 0.717) is 17.4 Å². The van der Waals surface area contributed by atoms with Crippen molar-refractivity contribution in [3.05, 3.63) is 40.8 Å². The SMILES string of the molecule is CCCn1c2ccccc2c2cnn(CC(=O)N3C[C@H](C)C[C@H](C)C3)c(=O)c21. The van der Waals surface area contributed by atoms with Gasteiger partial charge in [-0.1, -0.05) is 39.0 Å². The number of rotatable bonds is 4. The number of aryl methyl sites for hydroxylation is 1. The van der Waals surface area contributed by atoms with Gasteiger partial charge in [-0.05, 0) is 30.7 Å². The van der Waals surface area contributed by atoms with Crippen molar-refractivity contribution in [2.45, 2.75) is 46.7 Å². The third-order valence-electron chi connectivity index (χ3n) is 5.73. The van der Waals surface area contributed by atoms with Gasteiger partial charge in [0.2, 0.25) is 5.91 Å². The van der Waals surface area contributed by atoms with E-state index in [9.17, 15) is 9.59 Å². The smallest absolute Gasteiger partial charge is 0.291 e. The van der Waals surface area contributed by atoms with Gasteiger partial charge in [-0.2, -0.15) is 5.10 Å². The molecule has 2 atom stereocenters. The minimum atomic E-state index is -0.186. The lowest BCUT2D eigenvalue weighted by Crippen LogP contribution is -2.45. The van der Waals surface area contributed by atoms with Gasteiger partial charge in [0.05, 0.1) is 6.20 Å². The standard InChI is InChI=1S/C22H28N4O2/c1-4-9-25-19-8-6-5-7-17(19)18-11-23-26(22(28)21(18)25)14-20(27)24-12-15(2)10-16(3)13-24/h5-8,11,15-16H,4,9-10,12-14H2,1-3H3/t15-,16+. The summed E-state index contributed by atoms with van der Waals surface area (Å²) in [5, 5.41) is 6.24. The minimum absolute atomic E-state index is 0.00185. The quantitative estimate of drug-likeness (QED) is 0.698. The second kappa shape index (κ2) is 7.41. The molecule has 3 aromatic rings. The van der Waals surface area contributed by atoms with E-state index in [4.69, 9.17) is 0 Å². The third-order valence-corrected chi connectivity index (χ3v) is 5.73. The highest BCUT2D eigenvalue weighted by Gasteiger charge is 2.26. The molecule has 2 aromatic heterocycles. The van der Waals surface area contributed by atoms with Crippen molar-refractivity contribution in [3.63, 3.8) is 0 Å². The van der Waals surface area contributed by atoms with Crippen LogP contribution in [0.1, 0.15) is 33.6 Å². The number of para-hydroxylation sites is 1. The van der Waals surface area contributed by atoms with Gasteiger partial charge in [-0.25, -0.2) is 4.68 Å². The van der Waals surface area contributed by atoms with Crippen LogP contribution in [0.2, 0.25) is 0 Å². The van der Waals surface area contributed by atoms with Gasteiger partial charge in [0.15, 0.2) is 0 Å². The van der Waals surface area contributed by atoms with E-state index in [1.54, 1.807) is 6.20 Å². The first kappa shape index (κ1) is 18.7. The monoisotopic (exact) mass is 380 g/mol. The van der Waals surface area contributed by atoms with Gasteiger partial charge in [0, 0.05) is 35.9 Å². The third kappa shape index (κ3) is 3.21. The van der Waals surface area contributed by atoms with Gasteiger partial charge >= 0.3 is 0 Å². The molecule has 0 bridgehead atoms. The Morgan fingerprint density at radius 3 is 2.57 bits per heavy atom. The fourth-order valence-corrected chi connectivity index (χ4v) is 4.66. The van der Waals surface area contributed by atoms with E-state index in [1.165, 1.54) is 4.68 Å². The maximum atomic E-state index is 13.2. The van der Waals surface area contributed by atoms with Crippen LogP contribution in [-0.4, -0.2) is 38.2 Å². The number of carbonyl (C=O) groups is 1. The molecular weight excluding hydrogens is 352 g/mol. The Kier molecular flexibility index (Phi) is 4.96. The van der Waals surface area contributed by atoms with Gasteiger partial charge < -0.3 is 9.47 Å². The number of hydrogen-bond acceptors (Lipinski definition) is 3. The summed E-state index contributed by atoms with van der Waals surface area (Å²) in [6, 6.07) is 8.03. The average Bonchev–Trinajstić information content (AvgIpc) is 2.98. The molecule has 148 valence electrons. The van der Waals surface area contributed by atoms with Crippen LogP contribution in [0.25, 0.3) is 21.8 Å². The van der Waals surface area contributed by atoms with Crippen LogP contribution < -0.4 is 5.56 Å². The normalized spacial score (nSPS) is 20.2. The number of aromatic nitrogens is 3. The van der Waals surface area contributed by atoms with Gasteiger partial charge in [0.1, 0.15) is 12.1 Å². The zero-order valence-corrected chi connectivity index (χ0v) is 16.9. The van der Waals surface area contributed by atoms with Crippen molar-refractivity contribution in [2.24, 2.45) is 11.8 Å². The molecule has 0 unspecified atom stereocenters. The number of carbonyl (C=O) groups excluding carboxylic acids is 1. The molecule has 28 heavy (non-hydrogen) atoms. The molecule has 1 aliphatic heterocycles. The Labute approximate surface area is 164 Å². The molecule has 0 aliphatic carbocycles. The predicted octanol–water partition coefficient (Wildman–Crippen LogP) is 3.27. The second-order valence-corrected chi connectivity index (χ2v) is 8.28. The number of fused-ring (bicyclic) bond motifs is 3. The summed E-state index contributed by atoms with van der Waals surface area (Å²) in [6.45, 7) is 8.74. The number of hydrogen-bond donors (Lipinski definition) is 0. The first-order chi connectivity index (χ1) is 13.5. The van der Waals surface area contributed by atoms with E-state index in [2.05, 4.69) is 30.4 Å². The predicted molar refractivity (Wildman–Crippen MR) is 111 cm³/mol. The van der Waals surface area contributed by atoms with Crippen LogP contribution in [0.4, 0.5) is 0 Å². The summed E-state index contributed by atoms with van der Waals surface area (Å²) >= 11 is 0. The summed E-state index contributed by atoms with van der Waals surface area (Å²) in [5.41, 5.74) is 1.50. The van der Waals surface area contributed by atoms with Crippen molar-refractivity contribution >= 4 is 27.7 Å². The fraction of sp³-hybridized carbons (Fsp3) is 0.500.